The van der Waals surface area contributed by atoms with Gasteiger partial charge in [-0.3, -0.25) is 4.79 Å². The predicted molar refractivity (Wildman–Crippen MR) is 139 cm³/mol. The average Bonchev–Trinajstić information content (AvgIpc) is 3.59. The third-order valence-corrected chi connectivity index (χ3v) is 6.45. The van der Waals surface area contributed by atoms with Crippen molar-refractivity contribution in [3.63, 3.8) is 0 Å². The molecule has 0 fully saturated rings. The van der Waals surface area contributed by atoms with Crippen LogP contribution in [-0.2, 0) is 0 Å². The Morgan fingerprint density at radius 3 is 2.37 bits per heavy atom. The molecule has 172 valence electrons. The number of aromatic nitrogens is 2. The number of ether oxygens (including phenoxy) is 1. The Hall–Kier alpha value is -4.29. The van der Waals surface area contributed by atoms with Gasteiger partial charge in [-0.05, 0) is 89.8 Å². The number of ketones is 1. The van der Waals surface area contributed by atoms with Gasteiger partial charge in [0.2, 0.25) is 0 Å². The average molecular weight is 481 g/mol. The van der Waals surface area contributed by atoms with E-state index in [1.165, 1.54) is 30.3 Å². The molecule has 0 aliphatic rings. The number of halogens is 1. The van der Waals surface area contributed by atoms with Gasteiger partial charge in [-0.15, -0.1) is 11.3 Å². The van der Waals surface area contributed by atoms with Crippen LogP contribution in [0.3, 0.4) is 0 Å². The predicted octanol–water partition coefficient (Wildman–Crippen LogP) is 7.31. The lowest BCUT2D eigenvalue weighted by Crippen LogP contribution is -1.99. The van der Waals surface area contributed by atoms with Gasteiger partial charge in [-0.2, -0.15) is 5.10 Å². The van der Waals surface area contributed by atoms with E-state index in [1.54, 1.807) is 24.5 Å². The Morgan fingerprint density at radius 2 is 1.71 bits per heavy atom. The Balaban J connectivity index is 1.44. The van der Waals surface area contributed by atoms with Crippen LogP contribution >= 0.6 is 11.3 Å². The monoisotopic (exact) mass is 480 g/mol. The molecule has 5 rings (SSSR count). The number of rotatable bonds is 7. The van der Waals surface area contributed by atoms with Crippen LogP contribution < -0.4 is 4.74 Å². The lowest BCUT2D eigenvalue weighted by atomic mass is 10.1. The Morgan fingerprint density at radius 1 is 0.971 bits per heavy atom. The standard InChI is InChI=1S/C29H21FN2O2S/c1-34-25-15-9-21(10-16-25)27-19-26(29-3-2-18-35-29)31-32(27)24-13-4-20(5-14-24)6-17-28(33)22-7-11-23(30)12-8-22/h2-19H,1H3. The second-order valence-electron chi connectivity index (χ2n) is 7.83. The number of allylic oxidation sites excluding steroid dienone is 1. The Kier molecular flexibility index (Phi) is 6.37. The van der Waals surface area contributed by atoms with E-state index in [1.807, 2.05) is 64.7 Å². The number of thiophene rings is 1. The van der Waals surface area contributed by atoms with E-state index in [9.17, 15) is 9.18 Å². The number of carbonyl (C=O) groups is 1. The molecule has 0 bridgehead atoms. The molecule has 0 atom stereocenters. The minimum absolute atomic E-state index is 0.177. The smallest absolute Gasteiger partial charge is 0.185 e. The number of nitrogens with zero attached hydrogens (tertiary/aromatic N) is 2. The fourth-order valence-corrected chi connectivity index (χ4v) is 4.38. The van der Waals surface area contributed by atoms with E-state index >= 15 is 0 Å². The van der Waals surface area contributed by atoms with Crippen LogP contribution in [0.1, 0.15) is 15.9 Å². The van der Waals surface area contributed by atoms with Crippen molar-refractivity contribution in [2.45, 2.75) is 0 Å². The summed E-state index contributed by atoms with van der Waals surface area (Å²) in [5, 5.41) is 6.92. The molecular weight excluding hydrogens is 459 g/mol. The highest BCUT2D eigenvalue weighted by atomic mass is 32.1. The van der Waals surface area contributed by atoms with Gasteiger partial charge in [0.25, 0.3) is 0 Å². The summed E-state index contributed by atoms with van der Waals surface area (Å²) in [4.78, 5) is 13.4. The molecule has 5 aromatic rings. The first-order valence-corrected chi connectivity index (χ1v) is 11.9. The van der Waals surface area contributed by atoms with Gasteiger partial charge >= 0.3 is 0 Å². The van der Waals surface area contributed by atoms with Gasteiger partial charge in [-0.1, -0.05) is 24.3 Å². The minimum Gasteiger partial charge on any atom is -0.497 e. The lowest BCUT2D eigenvalue weighted by Gasteiger charge is -2.09. The summed E-state index contributed by atoms with van der Waals surface area (Å²) >= 11 is 1.65. The SMILES string of the molecule is COc1ccc(-c2cc(-c3cccs3)nn2-c2ccc(C=CC(=O)c3ccc(F)cc3)cc2)cc1. The van der Waals surface area contributed by atoms with Gasteiger partial charge in [-0.25, -0.2) is 9.07 Å². The molecule has 0 amide bonds. The first kappa shape index (κ1) is 22.5. The van der Waals surface area contributed by atoms with Crippen molar-refractivity contribution in [2.75, 3.05) is 7.11 Å². The minimum atomic E-state index is -0.365. The van der Waals surface area contributed by atoms with E-state index in [4.69, 9.17) is 9.84 Å². The third kappa shape index (κ3) is 4.98. The van der Waals surface area contributed by atoms with Gasteiger partial charge in [0.05, 0.1) is 23.4 Å². The van der Waals surface area contributed by atoms with E-state index in [2.05, 4.69) is 12.1 Å². The van der Waals surface area contributed by atoms with E-state index in [-0.39, 0.29) is 11.6 Å². The summed E-state index contributed by atoms with van der Waals surface area (Å²) in [5.74, 6) is 0.254. The summed E-state index contributed by atoms with van der Waals surface area (Å²) in [6.07, 6.45) is 3.24. The van der Waals surface area contributed by atoms with Gasteiger partial charge in [0.15, 0.2) is 5.78 Å². The molecule has 0 N–H and O–H groups in total. The van der Waals surface area contributed by atoms with E-state index < -0.39 is 0 Å². The van der Waals surface area contributed by atoms with Crippen LogP contribution in [0.5, 0.6) is 5.75 Å². The zero-order valence-corrected chi connectivity index (χ0v) is 19.7. The number of methoxy groups -OCH3 is 1. The summed E-state index contributed by atoms with van der Waals surface area (Å²) in [6.45, 7) is 0. The summed E-state index contributed by atoms with van der Waals surface area (Å²) < 4.78 is 20.3. The topological polar surface area (TPSA) is 44.1 Å². The first-order chi connectivity index (χ1) is 17.1. The maximum atomic E-state index is 13.1. The summed E-state index contributed by atoms with van der Waals surface area (Å²) in [5.41, 5.74) is 5.11. The van der Waals surface area contributed by atoms with Gasteiger partial charge < -0.3 is 4.74 Å². The van der Waals surface area contributed by atoms with Crippen molar-refractivity contribution >= 4 is 23.2 Å². The van der Waals surface area contributed by atoms with Crippen LogP contribution in [0.25, 0.3) is 33.6 Å². The summed E-state index contributed by atoms with van der Waals surface area (Å²) in [6, 6.07) is 27.4. The summed E-state index contributed by atoms with van der Waals surface area (Å²) in [7, 11) is 1.65. The van der Waals surface area contributed by atoms with Gasteiger partial charge in [0, 0.05) is 11.1 Å². The normalized spacial score (nSPS) is 11.1. The molecule has 2 heterocycles. The molecule has 0 spiro atoms. The third-order valence-electron chi connectivity index (χ3n) is 5.56. The van der Waals surface area contributed by atoms with Crippen LogP contribution in [0.4, 0.5) is 4.39 Å². The molecule has 3 aromatic carbocycles. The number of carbonyl (C=O) groups excluding carboxylic acids is 1. The molecule has 2 aromatic heterocycles. The van der Waals surface area contributed by atoms with Crippen molar-refractivity contribution in [3.05, 3.63) is 119 Å². The second kappa shape index (κ2) is 9.91. The fourth-order valence-electron chi connectivity index (χ4n) is 3.70. The molecule has 35 heavy (non-hydrogen) atoms. The Labute approximate surface area is 206 Å². The number of hydrogen-bond acceptors (Lipinski definition) is 4. The first-order valence-electron chi connectivity index (χ1n) is 11.0. The largest absolute Gasteiger partial charge is 0.497 e. The fraction of sp³-hybridized carbons (Fsp3) is 0.0345. The molecule has 0 aliphatic carbocycles. The Bertz CT molecular complexity index is 1470. The van der Waals surface area contributed by atoms with Crippen LogP contribution in [0.15, 0.2) is 102 Å². The molecule has 0 aliphatic heterocycles. The number of hydrogen-bond donors (Lipinski definition) is 0. The molecular formula is C29H21FN2O2S. The molecule has 6 heteroatoms. The molecule has 0 saturated carbocycles. The zero-order valence-electron chi connectivity index (χ0n) is 18.9. The van der Waals surface area contributed by atoms with Crippen molar-refractivity contribution in [3.8, 4) is 33.3 Å². The van der Waals surface area contributed by atoms with Gasteiger partial charge in [0.1, 0.15) is 17.3 Å². The van der Waals surface area contributed by atoms with Crippen molar-refractivity contribution < 1.29 is 13.9 Å². The second-order valence-corrected chi connectivity index (χ2v) is 8.78. The van der Waals surface area contributed by atoms with Crippen molar-refractivity contribution in [1.29, 1.82) is 0 Å². The van der Waals surface area contributed by atoms with E-state index in [0.29, 0.717) is 5.56 Å². The van der Waals surface area contributed by atoms with Crippen LogP contribution in [-0.4, -0.2) is 22.7 Å². The highest BCUT2D eigenvalue weighted by Crippen LogP contribution is 2.31. The molecule has 4 nitrogen and oxygen atoms in total. The molecule has 0 unspecified atom stereocenters. The van der Waals surface area contributed by atoms with Crippen molar-refractivity contribution in [2.24, 2.45) is 0 Å². The zero-order chi connectivity index (χ0) is 24.2. The van der Waals surface area contributed by atoms with E-state index in [0.717, 1.165) is 38.8 Å². The quantitative estimate of drug-likeness (QED) is 0.181. The highest BCUT2D eigenvalue weighted by Gasteiger charge is 2.14. The maximum absolute atomic E-state index is 13.1. The maximum Gasteiger partial charge on any atom is 0.185 e. The molecule has 0 radical (unpaired) electrons. The van der Waals surface area contributed by atoms with Crippen LogP contribution in [0, 0.1) is 5.82 Å². The van der Waals surface area contributed by atoms with Crippen molar-refractivity contribution in [1.82, 2.24) is 9.78 Å². The molecule has 0 saturated heterocycles. The van der Waals surface area contributed by atoms with Crippen LogP contribution in [0.2, 0.25) is 0 Å². The highest BCUT2D eigenvalue weighted by molar-refractivity contribution is 7.13. The number of benzene rings is 3. The lowest BCUT2D eigenvalue weighted by molar-refractivity contribution is 0.104.